The van der Waals surface area contributed by atoms with Gasteiger partial charge in [-0.15, -0.1) is 0 Å². The molecule has 0 aliphatic heterocycles. The molecule has 3 aromatic carbocycles. The Morgan fingerprint density at radius 1 is 0.970 bits per heavy atom. The van der Waals surface area contributed by atoms with Crippen LogP contribution < -0.4 is 15.5 Å². The molecule has 11 heteroatoms. The number of para-hydroxylation sites is 1. The second kappa shape index (κ2) is 10.6. The number of nitro benzene ring substituents is 1. The number of carbonyl (C=O) groups excluding carboxylic acids is 3. The zero-order chi connectivity index (χ0) is 23.8. The molecule has 0 bridgehead atoms. The zero-order valence-corrected chi connectivity index (χ0v) is 17.5. The van der Waals surface area contributed by atoms with Gasteiger partial charge < -0.3 is 10.1 Å². The molecule has 0 saturated carbocycles. The maximum atomic E-state index is 12.3. The van der Waals surface area contributed by atoms with Crippen molar-refractivity contribution in [1.82, 2.24) is 5.43 Å². The lowest BCUT2D eigenvalue weighted by atomic mass is 10.2. The van der Waals surface area contributed by atoms with E-state index in [9.17, 15) is 24.5 Å². The minimum Gasteiger partial charge on any atom is -0.422 e. The monoisotopic (exact) mass is 466 g/mol. The number of esters is 1. The first-order chi connectivity index (χ1) is 15.8. The van der Waals surface area contributed by atoms with E-state index in [4.69, 9.17) is 16.3 Å². The number of nitro groups is 1. The smallest absolute Gasteiger partial charge is 0.343 e. The Labute approximate surface area is 192 Å². The molecule has 0 atom stereocenters. The molecule has 10 nitrogen and oxygen atoms in total. The van der Waals surface area contributed by atoms with Gasteiger partial charge in [0.1, 0.15) is 5.75 Å². The van der Waals surface area contributed by atoms with Crippen LogP contribution in [0.25, 0.3) is 0 Å². The number of nitrogens with one attached hydrogen (secondary N) is 2. The number of rotatable bonds is 6. The molecule has 0 aromatic heterocycles. The molecule has 166 valence electrons. The van der Waals surface area contributed by atoms with Crippen LogP contribution in [0.5, 0.6) is 5.75 Å². The Morgan fingerprint density at radius 3 is 2.39 bits per heavy atom. The number of anilines is 1. The van der Waals surface area contributed by atoms with Gasteiger partial charge in [-0.3, -0.25) is 19.7 Å². The van der Waals surface area contributed by atoms with Gasteiger partial charge in [0.25, 0.3) is 5.69 Å². The van der Waals surface area contributed by atoms with E-state index in [1.807, 2.05) is 0 Å². The highest BCUT2D eigenvalue weighted by molar-refractivity contribution is 6.39. The van der Waals surface area contributed by atoms with Gasteiger partial charge in [-0.05, 0) is 42.5 Å². The number of ether oxygens (including phenoxy) is 1. The van der Waals surface area contributed by atoms with Crippen molar-refractivity contribution in [2.45, 2.75) is 0 Å². The van der Waals surface area contributed by atoms with E-state index in [-0.39, 0.29) is 17.0 Å². The van der Waals surface area contributed by atoms with Crippen molar-refractivity contribution in [2.75, 3.05) is 5.32 Å². The number of hydrogen-bond donors (Lipinski definition) is 2. The topological polar surface area (TPSA) is 140 Å². The first-order valence-corrected chi connectivity index (χ1v) is 9.67. The standard InChI is InChI=1S/C22H15ClN4O6/c23-16-5-3-6-17(12-16)25-20(28)21(29)26-24-13-15-4-1-2-7-19(15)33-22(30)14-8-10-18(11-9-14)27(31)32/h1-13H,(H,25,28)(H,26,29)/b24-13+. The predicted octanol–water partition coefficient (Wildman–Crippen LogP) is 3.56. The van der Waals surface area contributed by atoms with Gasteiger partial charge in [0.15, 0.2) is 0 Å². The number of amides is 2. The van der Waals surface area contributed by atoms with Crippen molar-refractivity contribution in [3.8, 4) is 5.75 Å². The quantitative estimate of drug-likeness (QED) is 0.142. The Balaban J connectivity index is 1.62. The molecule has 0 unspecified atom stereocenters. The third-order valence-corrected chi connectivity index (χ3v) is 4.33. The van der Waals surface area contributed by atoms with Crippen LogP contribution in [0.2, 0.25) is 5.02 Å². The Kier molecular flexibility index (Phi) is 7.45. The lowest BCUT2D eigenvalue weighted by Gasteiger charge is -2.07. The van der Waals surface area contributed by atoms with E-state index < -0.39 is 22.7 Å². The van der Waals surface area contributed by atoms with E-state index in [2.05, 4.69) is 15.8 Å². The van der Waals surface area contributed by atoms with Crippen LogP contribution >= 0.6 is 11.6 Å². The van der Waals surface area contributed by atoms with Crippen molar-refractivity contribution in [2.24, 2.45) is 5.10 Å². The number of carbonyl (C=O) groups is 3. The van der Waals surface area contributed by atoms with Crippen LogP contribution in [0.4, 0.5) is 11.4 Å². The summed E-state index contributed by atoms with van der Waals surface area (Å²) in [5.41, 5.74) is 2.71. The molecule has 3 rings (SSSR count). The molecular formula is C22H15ClN4O6. The molecule has 3 aromatic rings. The number of halogens is 1. The van der Waals surface area contributed by atoms with Crippen molar-refractivity contribution < 1.29 is 24.0 Å². The van der Waals surface area contributed by atoms with Crippen LogP contribution in [-0.2, 0) is 9.59 Å². The Morgan fingerprint density at radius 2 is 1.70 bits per heavy atom. The van der Waals surface area contributed by atoms with Crippen molar-refractivity contribution in [3.05, 3.63) is 99.1 Å². The van der Waals surface area contributed by atoms with Gasteiger partial charge in [0.2, 0.25) is 0 Å². The van der Waals surface area contributed by atoms with E-state index in [1.54, 1.807) is 36.4 Å². The van der Waals surface area contributed by atoms with Gasteiger partial charge in [0.05, 0.1) is 16.7 Å². The first kappa shape index (κ1) is 23.1. The van der Waals surface area contributed by atoms with Gasteiger partial charge in [-0.25, -0.2) is 10.2 Å². The van der Waals surface area contributed by atoms with Crippen LogP contribution in [0, 0.1) is 10.1 Å². The molecule has 2 N–H and O–H groups in total. The van der Waals surface area contributed by atoms with E-state index >= 15 is 0 Å². The maximum absolute atomic E-state index is 12.3. The molecule has 33 heavy (non-hydrogen) atoms. The highest BCUT2D eigenvalue weighted by Crippen LogP contribution is 2.19. The third-order valence-electron chi connectivity index (χ3n) is 4.09. The molecule has 0 spiro atoms. The first-order valence-electron chi connectivity index (χ1n) is 9.29. The zero-order valence-electron chi connectivity index (χ0n) is 16.7. The minimum absolute atomic E-state index is 0.110. The van der Waals surface area contributed by atoms with E-state index in [0.717, 1.165) is 0 Å². The summed E-state index contributed by atoms with van der Waals surface area (Å²) in [6, 6.07) is 17.5. The molecule has 0 aliphatic carbocycles. The van der Waals surface area contributed by atoms with Gasteiger partial charge in [-0.1, -0.05) is 29.8 Å². The number of non-ortho nitro benzene ring substituents is 1. The SMILES string of the molecule is O=C(N/N=C/c1ccccc1OC(=O)c1ccc([N+](=O)[O-])cc1)C(=O)Nc1cccc(Cl)c1. The molecule has 2 amide bonds. The third kappa shape index (κ3) is 6.45. The summed E-state index contributed by atoms with van der Waals surface area (Å²) < 4.78 is 5.32. The highest BCUT2D eigenvalue weighted by Gasteiger charge is 2.15. The fourth-order valence-corrected chi connectivity index (χ4v) is 2.71. The van der Waals surface area contributed by atoms with E-state index in [0.29, 0.717) is 16.3 Å². The molecular weight excluding hydrogens is 452 g/mol. The molecule has 0 saturated heterocycles. The summed E-state index contributed by atoms with van der Waals surface area (Å²) >= 11 is 5.83. The summed E-state index contributed by atoms with van der Waals surface area (Å²) in [5.74, 6) is -2.59. The summed E-state index contributed by atoms with van der Waals surface area (Å²) in [5, 5.41) is 17.2. The molecule has 0 aliphatic rings. The summed E-state index contributed by atoms with van der Waals surface area (Å²) in [6.07, 6.45) is 1.20. The maximum Gasteiger partial charge on any atom is 0.343 e. The normalized spacial score (nSPS) is 10.5. The van der Waals surface area contributed by atoms with Crippen LogP contribution in [0.3, 0.4) is 0 Å². The summed E-state index contributed by atoms with van der Waals surface area (Å²) in [7, 11) is 0. The Hall–Kier alpha value is -4.57. The van der Waals surface area contributed by atoms with Gasteiger partial charge >= 0.3 is 17.8 Å². The lowest BCUT2D eigenvalue weighted by molar-refractivity contribution is -0.384. The predicted molar refractivity (Wildman–Crippen MR) is 120 cm³/mol. The van der Waals surface area contributed by atoms with E-state index in [1.165, 1.54) is 42.6 Å². The second-order valence-electron chi connectivity index (χ2n) is 6.39. The van der Waals surface area contributed by atoms with Crippen LogP contribution in [-0.4, -0.2) is 28.9 Å². The molecule has 0 radical (unpaired) electrons. The van der Waals surface area contributed by atoms with Crippen molar-refractivity contribution in [1.29, 1.82) is 0 Å². The number of nitrogens with zero attached hydrogens (tertiary/aromatic N) is 2. The van der Waals surface area contributed by atoms with Crippen LogP contribution in [0.1, 0.15) is 15.9 Å². The summed E-state index contributed by atoms with van der Waals surface area (Å²) in [6.45, 7) is 0. The number of hydrazone groups is 1. The summed E-state index contributed by atoms with van der Waals surface area (Å²) in [4.78, 5) is 46.4. The van der Waals surface area contributed by atoms with Gasteiger partial charge in [-0.2, -0.15) is 5.10 Å². The minimum atomic E-state index is -1.02. The molecule has 0 fully saturated rings. The average Bonchev–Trinajstić information content (AvgIpc) is 2.80. The lowest BCUT2D eigenvalue weighted by Crippen LogP contribution is -2.32. The van der Waals surface area contributed by atoms with Crippen molar-refractivity contribution in [3.63, 3.8) is 0 Å². The van der Waals surface area contributed by atoms with Crippen molar-refractivity contribution >= 4 is 47.0 Å². The van der Waals surface area contributed by atoms with Gasteiger partial charge in [0, 0.05) is 28.4 Å². The second-order valence-corrected chi connectivity index (χ2v) is 6.83. The fourth-order valence-electron chi connectivity index (χ4n) is 2.52. The Bertz CT molecular complexity index is 1240. The number of benzene rings is 3. The number of hydrogen-bond acceptors (Lipinski definition) is 7. The molecule has 0 heterocycles. The van der Waals surface area contributed by atoms with Crippen LogP contribution in [0.15, 0.2) is 77.9 Å². The highest BCUT2D eigenvalue weighted by atomic mass is 35.5. The average molecular weight is 467 g/mol. The largest absolute Gasteiger partial charge is 0.422 e. The fraction of sp³-hybridized carbons (Fsp3) is 0.